The second-order valence-corrected chi connectivity index (χ2v) is 7.35. The number of hydrogen-bond acceptors (Lipinski definition) is 3. The molecule has 2 rings (SSSR count). The topological polar surface area (TPSA) is 26.0 Å². The minimum Gasteiger partial charge on any atom is -0.326 e. The predicted molar refractivity (Wildman–Crippen MR) is 92.8 cm³/mol. The first-order valence-corrected chi connectivity index (χ1v) is 9.08. The zero-order chi connectivity index (χ0) is 14.5. The van der Waals surface area contributed by atoms with Gasteiger partial charge < -0.3 is 5.73 Å². The Hall–Kier alpha value is -0.480. The molecule has 20 heavy (non-hydrogen) atoms. The van der Waals surface area contributed by atoms with E-state index in [4.69, 9.17) is 17.3 Å². The maximum atomic E-state index is 6.33. The number of halogens is 1. The number of nitrogens with two attached hydrogens (primary N) is 1. The number of hydrogen-bond donors (Lipinski definition) is 1. The molecule has 1 aromatic carbocycles. The highest BCUT2D eigenvalue weighted by atomic mass is 35.5. The van der Waals surface area contributed by atoms with Crippen molar-refractivity contribution in [3.8, 4) is 0 Å². The fraction of sp³-hybridized carbons (Fsp3) is 0.375. The summed E-state index contributed by atoms with van der Waals surface area (Å²) in [5.41, 5.74) is 8.86. The molecular weight excluding hydrogens is 306 g/mol. The lowest BCUT2D eigenvalue weighted by molar-refractivity contribution is 0.638. The van der Waals surface area contributed by atoms with Crippen LogP contribution in [0.1, 0.15) is 34.6 Å². The standard InChI is InChI=1S/C16H20ClNS2/c1-3-14(18)16(15-11(2)8-9-19-15)20-10-12-6-4-5-7-13(12)17/h4-9,14,16H,3,10,18H2,1-2H3. The highest BCUT2D eigenvalue weighted by molar-refractivity contribution is 7.98. The van der Waals surface area contributed by atoms with Crippen molar-refractivity contribution >= 4 is 34.7 Å². The number of rotatable bonds is 6. The van der Waals surface area contributed by atoms with Gasteiger partial charge in [0.05, 0.1) is 5.25 Å². The van der Waals surface area contributed by atoms with E-state index in [0.717, 1.165) is 17.2 Å². The van der Waals surface area contributed by atoms with Crippen molar-refractivity contribution in [2.45, 2.75) is 37.3 Å². The van der Waals surface area contributed by atoms with Gasteiger partial charge in [-0.05, 0) is 42.0 Å². The second-order valence-electron chi connectivity index (χ2n) is 4.86. The van der Waals surface area contributed by atoms with Gasteiger partial charge >= 0.3 is 0 Å². The molecule has 0 aliphatic heterocycles. The van der Waals surface area contributed by atoms with Gasteiger partial charge in [0.25, 0.3) is 0 Å². The first kappa shape index (κ1) is 15.9. The van der Waals surface area contributed by atoms with Crippen molar-refractivity contribution in [3.63, 3.8) is 0 Å². The van der Waals surface area contributed by atoms with Gasteiger partial charge in [0.1, 0.15) is 0 Å². The van der Waals surface area contributed by atoms with Crippen molar-refractivity contribution < 1.29 is 0 Å². The van der Waals surface area contributed by atoms with Crippen LogP contribution < -0.4 is 5.73 Å². The molecule has 0 aliphatic rings. The lowest BCUT2D eigenvalue weighted by atomic mass is 10.1. The van der Waals surface area contributed by atoms with Crippen molar-refractivity contribution in [2.24, 2.45) is 5.73 Å². The monoisotopic (exact) mass is 325 g/mol. The average Bonchev–Trinajstić information content (AvgIpc) is 2.87. The lowest BCUT2D eigenvalue weighted by Crippen LogP contribution is -2.25. The predicted octanol–water partition coefficient (Wildman–Crippen LogP) is 5.42. The molecule has 0 amide bonds. The summed E-state index contributed by atoms with van der Waals surface area (Å²) >= 11 is 9.94. The van der Waals surface area contributed by atoms with E-state index < -0.39 is 0 Å². The normalized spacial score (nSPS) is 14.2. The molecule has 108 valence electrons. The Labute approximate surface area is 134 Å². The van der Waals surface area contributed by atoms with Crippen LogP contribution in [0.5, 0.6) is 0 Å². The molecule has 4 heteroatoms. The highest BCUT2D eigenvalue weighted by Gasteiger charge is 2.22. The maximum absolute atomic E-state index is 6.33. The van der Waals surface area contributed by atoms with Crippen molar-refractivity contribution in [1.29, 1.82) is 0 Å². The fourth-order valence-electron chi connectivity index (χ4n) is 2.08. The molecule has 2 atom stereocenters. The Morgan fingerprint density at radius 3 is 2.65 bits per heavy atom. The summed E-state index contributed by atoms with van der Waals surface area (Å²) in [6, 6.07) is 10.4. The van der Waals surface area contributed by atoms with Crippen molar-refractivity contribution in [1.82, 2.24) is 0 Å². The van der Waals surface area contributed by atoms with E-state index in [9.17, 15) is 0 Å². The molecule has 0 radical (unpaired) electrons. The third kappa shape index (κ3) is 3.79. The zero-order valence-corrected chi connectivity index (χ0v) is 14.2. The Kier molecular flexibility index (Phi) is 5.97. The summed E-state index contributed by atoms with van der Waals surface area (Å²) in [7, 11) is 0. The summed E-state index contributed by atoms with van der Waals surface area (Å²) in [5, 5.41) is 3.33. The minimum atomic E-state index is 0.180. The Morgan fingerprint density at radius 1 is 1.30 bits per heavy atom. The summed E-state index contributed by atoms with van der Waals surface area (Å²) in [6.45, 7) is 4.31. The van der Waals surface area contributed by atoms with Crippen LogP contribution in [0.3, 0.4) is 0 Å². The van der Waals surface area contributed by atoms with Crippen LogP contribution in [0.25, 0.3) is 0 Å². The second kappa shape index (κ2) is 7.51. The number of thiophene rings is 1. The molecule has 2 aromatic rings. The van der Waals surface area contributed by atoms with Crippen LogP contribution >= 0.6 is 34.7 Å². The summed E-state index contributed by atoms with van der Waals surface area (Å²) in [6.07, 6.45) is 0.984. The highest BCUT2D eigenvalue weighted by Crippen LogP contribution is 2.40. The average molecular weight is 326 g/mol. The van der Waals surface area contributed by atoms with Gasteiger partial charge in [-0.15, -0.1) is 23.1 Å². The van der Waals surface area contributed by atoms with Gasteiger partial charge in [-0.3, -0.25) is 0 Å². The molecule has 1 aromatic heterocycles. The van der Waals surface area contributed by atoms with E-state index in [1.807, 2.05) is 30.0 Å². The molecule has 1 heterocycles. The largest absolute Gasteiger partial charge is 0.326 e. The molecule has 2 N–H and O–H groups in total. The van der Waals surface area contributed by atoms with Gasteiger partial charge in [0, 0.05) is 21.7 Å². The van der Waals surface area contributed by atoms with Crippen LogP contribution in [0, 0.1) is 6.92 Å². The number of aryl methyl sites for hydroxylation is 1. The Balaban J connectivity index is 2.13. The first-order valence-electron chi connectivity index (χ1n) is 6.78. The minimum absolute atomic E-state index is 0.180. The Bertz CT molecular complexity index is 553. The Morgan fingerprint density at radius 2 is 2.05 bits per heavy atom. The van der Waals surface area contributed by atoms with Crippen LogP contribution in [0.2, 0.25) is 5.02 Å². The molecule has 0 spiro atoms. The van der Waals surface area contributed by atoms with E-state index in [1.165, 1.54) is 16.0 Å². The summed E-state index contributed by atoms with van der Waals surface area (Å²) in [4.78, 5) is 1.40. The van der Waals surface area contributed by atoms with E-state index >= 15 is 0 Å². The lowest BCUT2D eigenvalue weighted by Gasteiger charge is -2.22. The van der Waals surface area contributed by atoms with Crippen molar-refractivity contribution in [3.05, 3.63) is 56.7 Å². The van der Waals surface area contributed by atoms with Crippen LogP contribution in [-0.4, -0.2) is 6.04 Å². The third-order valence-electron chi connectivity index (χ3n) is 3.40. The molecule has 1 nitrogen and oxygen atoms in total. The molecule has 0 fully saturated rings. The number of benzene rings is 1. The van der Waals surface area contributed by atoms with E-state index in [2.05, 4.69) is 31.4 Å². The van der Waals surface area contributed by atoms with Gasteiger partial charge in [0.15, 0.2) is 0 Å². The molecular formula is C16H20ClNS2. The zero-order valence-electron chi connectivity index (χ0n) is 11.8. The smallest absolute Gasteiger partial charge is 0.0548 e. The maximum Gasteiger partial charge on any atom is 0.0548 e. The molecule has 0 saturated carbocycles. The third-order valence-corrected chi connectivity index (χ3v) is 6.44. The van der Waals surface area contributed by atoms with Gasteiger partial charge in [-0.2, -0.15) is 0 Å². The molecule has 0 saturated heterocycles. The molecule has 0 aliphatic carbocycles. The van der Waals surface area contributed by atoms with Crippen LogP contribution in [-0.2, 0) is 5.75 Å². The van der Waals surface area contributed by atoms with Crippen LogP contribution in [0.15, 0.2) is 35.7 Å². The van der Waals surface area contributed by atoms with Gasteiger partial charge in [0.2, 0.25) is 0 Å². The SMILES string of the molecule is CCC(N)C(SCc1ccccc1Cl)c1sccc1C. The molecule has 0 bridgehead atoms. The van der Waals surface area contributed by atoms with E-state index in [0.29, 0.717) is 5.25 Å². The summed E-state index contributed by atoms with van der Waals surface area (Å²) < 4.78 is 0. The molecule has 2 unspecified atom stereocenters. The van der Waals surface area contributed by atoms with E-state index in [-0.39, 0.29) is 6.04 Å². The van der Waals surface area contributed by atoms with Crippen LogP contribution in [0.4, 0.5) is 0 Å². The van der Waals surface area contributed by atoms with Gasteiger partial charge in [-0.1, -0.05) is 36.7 Å². The van der Waals surface area contributed by atoms with Gasteiger partial charge in [-0.25, -0.2) is 0 Å². The fourth-order valence-corrected chi connectivity index (χ4v) is 5.10. The first-order chi connectivity index (χ1) is 9.63. The van der Waals surface area contributed by atoms with E-state index in [1.54, 1.807) is 11.3 Å². The summed E-state index contributed by atoms with van der Waals surface area (Å²) in [5.74, 6) is 0.898. The quantitative estimate of drug-likeness (QED) is 0.767. The number of thioether (sulfide) groups is 1. The van der Waals surface area contributed by atoms with Crippen molar-refractivity contribution in [2.75, 3.05) is 0 Å².